The van der Waals surface area contributed by atoms with E-state index in [1.165, 1.54) is 7.11 Å². The zero-order valence-corrected chi connectivity index (χ0v) is 20.6. The number of rotatable bonds is 8. The van der Waals surface area contributed by atoms with Crippen molar-refractivity contribution in [2.45, 2.75) is 32.2 Å². The monoisotopic (exact) mass is 486 g/mol. The van der Waals surface area contributed by atoms with Crippen LogP contribution in [0.1, 0.15) is 22.3 Å². The lowest BCUT2D eigenvalue weighted by Crippen LogP contribution is -2.41. The maximum atomic E-state index is 13.8. The SMILES string of the molecule is COc1ccc(C)cc1S(=O)(=O)N(CC(=O)NCc1ccc(Cl)cc1)c1cc(C)cc(C)c1. The number of sulfonamides is 1. The Morgan fingerprint density at radius 3 is 2.18 bits per heavy atom. The number of carbonyl (C=O) groups excluding carboxylic acids is 1. The largest absolute Gasteiger partial charge is 0.495 e. The third-order valence-corrected chi connectivity index (χ3v) is 7.12. The van der Waals surface area contributed by atoms with E-state index < -0.39 is 15.9 Å². The molecule has 0 saturated heterocycles. The number of anilines is 1. The highest BCUT2D eigenvalue weighted by atomic mass is 35.5. The van der Waals surface area contributed by atoms with Gasteiger partial charge < -0.3 is 10.1 Å². The molecule has 0 aliphatic carbocycles. The van der Waals surface area contributed by atoms with Gasteiger partial charge >= 0.3 is 0 Å². The summed E-state index contributed by atoms with van der Waals surface area (Å²) in [4.78, 5) is 12.9. The number of hydrogen-bond donors (Lipinski definition) is 1. The molecule has 1 amide bonds. The van der Waals surface area contributed by atoms with Crippen molar-refractivity contribution in [3.8, 4) is 5.75 Å². The molecule has 0 fully saturated rings. The standard InChI is InChI=1S/C25H27ClN2O4S/c1-17-5-10-23(32-4)24(14-17)33(30,31)28(22-12-18(2)11-19(3)13-22)16-25(29)27-15-20-6-8-21(26)9-7-20/h5-14H,15-16H2,1-4H3,(H,27,29). The highest BCUT2D eigenvalue weighted by Crippen LogP contribution is 2.31. The fourth-order valence-electron chi connectivity index (χ4n) is 3.50. The van der Waals surface area contributed by atoms with Gasteiger partial charge in [-0.05, 0) is 79.4 Å². The van der Waals surface area contributed by atoms with Crippen LogP contribution in [0.2, 0.25) is 5.02 Å². The smallest absolute Gasteiger partial charge is 0.268 e. The number of carbonyl (C=O) groups is 1. The van der Waals surface area contributed by atoms with Gasteiger partial charge in [-0.2, -0.15) is 0 Å². The Labute approximate surface area is 200 Å². The van der Waals surface area contributed by atoms with Crippen molar-refractivity contribution in [3.63, 3.8) is 0 Å². The third kappa shape index (κ3) is 6.06. The van der Waals surface area contributed by atoms with Gasteiger partial charge in [-0.15, -0.1) is 0 Å². The number of benzene rings is 3. The molecule has 0 unspecified atom stereocenters. The van der Waals surface area contributed by atoms with E-state index in [0.717, 1.165) is 26.6 Å². The summed E-state index contributed by atoms with van der Waals surface area (Å²) < 4.78 is 34.0. The molecule has 0 aliphatic rings. The number of nitrogens with one attached hydrogen (secondary N) is 1. The van der Waals surface area contributed by atoms with Crippen LogP contribution < -0.4 is 14.4 Å². The number of methoxy groups -OCH3 is 1. The average Bonchev–Trinajstić information content (AvgIpc) is 2.76. The fraction of sp³-hybridized carbons (Fsp3) is 0.240. The summed E-state index contributed by atoms with van der Waals surface area (Å²) in [5, 5.41) is 3.39. The predicted octanol–water partition coefficient (Wildman–Crippen LogP) is 4.79. The number of ether oxygens (including phenoxy) is 1. The number of halogens is 1. The van der Waals surface area contributed by atoms with E-state index in [1.54, 1.807) is 61.5 Å². The molecule has 0 saturated carbocycles. The van der Waals surface area contributed by atoms with Crippen LogP contribution in [0.3, 0.4) is 0 Å². The average molecular weight is 487 g/mol. The molecule has 0 atom stereocenters. The van der Waals surface area contributed by atoms with Gasteiger partial charge in [-0.25, -0.2) is 8.42 Å². The highest BCUT2D eigenvalue weighted by Gasteiger charge is 2.30. The Morgan fingerprint density at radius 1 is 0.939 bits per heavy atom. The second-order valence-corrected chi connectivity index (χ2v) is 10.2. The van der Waals surface area contributed by atoms with Crippen molar-refractivity contribution in [2.24, 2.45) is 0 Å². The van der Waals surface area contributed by atoms with Crippen molar-refractivity contribution in [1.29, 1.82) is 0 Å². The quantitative estimate of drug-likeness (QED) is 0.497. The van der Waals surface area contributed by atoms with Gasteiger partial charge in [0.25, 0.3) is 10.0 Å². The molecular formula is C25H27ClN2O4S. The Balaban J connectivity index is 1.97. The molecule has 8 heteroatoms. The van der Waals surface area contributed by atoms with Crippen LogP contribution in [0.5, 0.6) is 5.75 Å². The van der Waals surface area contributed by atoms with Crippen LogP contribution in [-0.2, 0) is 21.4 Å². The van der Waals surface area contributed by atoms with Crippen LogP contribution in [0.15, 0.2) is 65.6 Å². The lowest BCUT2D eigenvalue weighted by atomic mass is 10.1. The van der Waals surface area contributed by atoms with E-state index in [0.29, 0.717) is 10.7 Å². The third-order valence-electron chi connectivity index (χ3n) is 5.07. The van der Waals surface area contributed by atoms with E-state index in [4.69, 9.17) is 16.3 Å². The number of aryl methyl sites for hydroxylation is 3. The fourth-order valence-corrected chi connectivity index (χ4v) is 5.28. The molecule has 0 heterocycles. The van der Waals surface area contributed by atoms with Gasteiger partial charge in [0.15, 0.2) is 0 Å². The minimum Gasteiger partial charge on any atom is -0.495 e. The molecule has 33 heavy (non-hydrogen) atoms. The van der Waals surface area contributed by atoms with Crippen molar-refractivity contribution in [3.05, 3.63) is 87.9 Å². The molecule has 0 aromatic heterocycles. The Morgan fingerprint density at radius 2 is 1.58 bits per heavy atom. The summed E-state index contributed by atoms with van der Waals surface area (Å²) in [5.41, 5.74) is 3.82. The first-order valence-electron chi connectivity index (χ1n) is 10.4. The maximum Gasteiger partial charge on any atom is 0.268 e. The zero-order valence-electron chi connectivity index (χ0n) is 19.1. The summed E-state index contributed by atoms with van der Waals surface area (Å²) in [7, 11) is -2.69. The Hall–Kier alpha value is -3.03. The summed E-state index contributed by atoms with van der Waals surface area (Å²) in [6, 6.07) is 17.5. The first-order chi connectivity index (χ1) is 15.6. The van der Waals surface area contributed by atoms with E-state index in [-0.39, 0.29) is 23.7 Å². The molecule has 0 spiro atoms. The molecule has 3 rings (SSSR count). The van der Waals surface area contributed by atoms with Crippen molar-refractivity contribution >= 4 is 33.2 Å². The number of hydrogen-bond acceptors (Lipinski definition) is 4. The van der Waals surface area contributed by atoms with Crippen LogP contribution in [0.4, 0.5) is 5.69 Å². The van der Waals surface area contributed by atoms with Gasteiger partial charge in [0, 0.05) is 11.6 Å². The molecule has 0 radical (unpaired) electrons. The topological polar surface area (TPSA) is 75.7 Å². The Kier molecular flexibility index (Phi) is 7.66. The van der Waals surface area contributed by atoms with Gasteiger partial charge in [0.1, 0.15) is 17.2 Å². The van der Waals surface area contributed by atoms with Crippen LogP contribution in [-0.4, -0.2) is 28.0 Å². The summed E-state index contributed by atoms with van der Waals surface area (Å²) in [6.07, 6.45) is 0. The normalized spacial score (nSPS) is 11.2. The molecule has 1 N–H and O–H groups in total. The van der Waals surface area contributed by atoms with E-state index in [2.05, 4.69) is 5.32 Å². The molecule has 3 aromatic carbocycles. The summed E-state index contributed by atoms with van der Waals surface area (Å²) >= 11 is 5.91. The van der Waals surface area contributed by atoms with Gasteiger partial charge in [-0.1, -0.05) is 35.9 Å². The summed E-state index contributed by atoms with van der Waals surface area (Å²) in [6.45, 7) is 5.45. The summed E-state index contributed by atoms with van der Waals surface area (Å²) in [5.74, 6) is -0.212. The first kappa shape index (κ1) is 24.6. The maximum absolute atomic E-state index is 13.8. The minimum absolute atomic E-state index is 0.00894. The van der Waals surface area contributed by atoms with Gasteiger partial charge in [-0.3, -0.25) is 9.10 Å². The highest BCUT2D eigenvalue weighted by molar-refractivity contribution is 7.93. The Bertz CT molecular complexity index is 1240. The number of amides is 1. The molecule has 174 valence electrons. The van der Waals surface area contributed by atoms with E-state index >= 15 is 0 Å². The van der Waals surface area contributed by atoms with Gasteiger partial charge in [0.2, 0.25) is 5.91 Å². The molecular weight excluding hydrogens is 460 g/mol. The molecule has 6 nitrogen and oxygen atoms in total. The first-order valence-corrected chi connectivity index (χ1v) is 12.2. The lowest BCUT2D eigenvalue weighted by molar-refractivity contribution is -0.119. The number of nitrogens with zero attached hydrogens (tertiary/aromatic N) is 1. The van der Waals surface area contributed by atoms with Crippen molar-refractivity contribution < 1.29 is 17.9 Å². The van der Waals surface area contributed by atoms with Crippen LogP contribution in [0.25, 0.3) is 0 Å². The van der Waals surface area contributed by atoms with Crippen molar-refractivity contribution in [1.82, 2.24) is 5.32 Å². The molecule has 0 bridgehead atoms. The second kappa shape index (κ2) is 10.3. The molecule has 0 aliphatic heterocycles. The zero-order chi connectivity index (χ0) is 24.2. The van der Waals surface area contributed by atoms with Crippen molar-refractivity contribution in [2.75, 3.05) is 18.0 Å². The van der Waals surface area contributed by atoms with Gasteiger partial charge in [0.05, 0.1) is 12.8 Å². The lowest BCUT2D eigenvalue weighted by Gasteiger charge is -2.26. The second-order valence-electron chi connectivity index (χ2n) is 7.92. The predicted molar refractivity (Wildman–Crippen MR) is 131 cm³/mol. The van der Waals surface area contributed by atoms with Crippen LogP contribution in [0, 0.1) is 20.8 Å². The van der Waals surface area contributed by atoms with Crippen LogP contribution >= 0.6 is 11.6 Å². The minimum atomic E-state index is -4.11. The van der Waals surface area contributed by atoms with E-state index in [9.17, 15) is 13.2 Å². The van der Waals surface area contributed by atoms with E-state index in [1.807, 2.05) is 19.9 Å². The molecule has 3 aromatic rings.